The number of nitrogens with two attached hydrogens (primary N) is 1. The van der Waals surface area contributed by atoms with Gasteiger partial charge in [0.05, 0.1) is 5.54 Å². The highest BCUT2D eigenvalue weighted by Crippen LogP contribution is 2.33. The molecule has 1 saturated carbocycles. The largest absolute Gasteiger partial charge is 0.361 e. The Kier molecular flexibility index (Phi) is 5.00. The van der Waals surface area contributed by atoms with Gasteiger partial charge in [-0.2, -0.15) is 0 Å². The first-order valence-corrected chi connectivity index (χ1v) is 8.64. The summed E-state index contributed by atoms with van der Waals surface area (Å²) >= 11 is 0. The van der Waals surface area contributed by atoms with Crippen LogP contribution in [0.25, 0.3) is 11.3 Å². The Bertz CT molecular complexity index is 677. The van der Waals surface area contributed by atoms with Crippen molar-refractivity contribution >= 4 is 5.91 Å². The lowest BCUT2D eigenvalue weighted by Gasteiger charge is -2.20. The van der Waals surface area contributed by atoms with Crippen molar-refractivity contribution in [2.45, 2.75) is 44.1 Å². The molecule has 0 bridgehead atoms. The minimum absolute atomic E-state index is 0.0882. The predicted molar refractivity (Wildman–Crippen MR) is 93.3 cm³/mol. The molecule has 128 valence electrons. The molecular weight excluding hydrogens is 302 g/mol. The quantitative estimate of drug-likeness (QED) is 0.757. The van der Waals surface area contributed by atoms with Crippen LogP contribution in [0.5, 0.6) is 0 Å². The number of hydrogen-bond acceptors (Lipinski definition) is 4. The number of nitrogens with zero attached hydrogens (tertiary/aromatic N) is 2. The summed E-state index contributed by atoms with van der Waals surface area (Å²) in [5, 5.41) is 4.13. The fourth-order valence-corrected chi connectivity index (χ4v) is 2.83. The molecule has 1 aliphatic rings. The fraction of sp³-hybridized carbons (Fsp3) is 0.474. The summed E-state index contributed by atoms with van der Waals surface area (Å²) in [4.78, 5) is 13.8. The molecule has 2 aromatic rings. The Morgan fingerprint density at radius 3 is 2.71 bits per heavy atom. The van der Waals surface area contributed by atoms with E-state index in [9.17, 15) is 4.79 Å². The Morgan fingerprint density at radius 1 is 1.25 bits per heavy atom. The molecule has 5 heteroatoms. The molecule has 2 N–H and O–H groups in total. The second kappa shape index (κ2) is 7.18. The smallest absolute Gasteiger partial charge is 0.242 e. The lowest BCUT2D eigenvalue weighted by atomic mass is 10.1. The van der Waals surface area contributed by atoms with Crippen molar-refractivity contribution in [3.05, 3.63) is 42.2 Å². The zero-order valence-corrected chi connectivity index (χ0v) is 14.2. The fourth-order valence-electron chi connectivity index (χ4n) is 2.83. The van der Waals surface area contributed by atoms with Crippen LogP contribution < -0.4 is 5.73 Å². The predicted octanol–water partition coefficient (Wildman–Crippen LogP) is 3.00. The Labute approximate surface area is 142 Å². The van der Waals surface area contributed by atoms with Crippen molar-refractivity contribution in [3.63, 3.8) is 0 Å². The second-order valence-electron chi connectivity index (χ2n) is 6.74. The van der Waals surface area contributed by atoms with Gasteiger partial charge in [0.25, 0.3) is 0 Å². The van der Waals surface area contributed by atoms with Gasteiger partial charge in [0.1, 0.15) is 11.5 Å². The minimum Gasteiger partial charge on any atom is -0.361 e. The number of unbranched alkanes of at least 4 members (excludes halogenated alkanes) is 2. The summed E-state index contributed by atoms with van der Waals surface area (Å²) < 4.78 is 5.41. The van der Waals surface area contributed by atoms with E-state index in [1.807, 2.05) is 43.4 Å². The van der Waals surface area contributed by atoms with Gasteiger partial charge >= 0.3 is 0 Å². The summed E-state index contributed by atoms with van der Waals surface area (Å²) in [6.07, 6.45) is 5.59. The van der Waals surface area contributed by atoms with Crippen LogP contribution in [-0.4, -0.2) is 35.1 Å². The lowest BCUT2D eigenvalue weighted by molar-refractivity contribution is -0.132. The number of rotatable bonds is 8. The summed E-state index contributed by atoms with van der Waals surface area (Å²) in [6.45, 7) is 0.767. The molecule has 1 amide bonds. The van der Waals surface area contributed by atoms with Crippen LogP contribution in [0.1, 0.15) is 37.9 Å². The molecule has 1 aromatic carbocycles. The van der Waals surface area contributed by atoms with Crippen molar-refractivity contribution in [1.29, 1.82) is 0 Å². The number of aromatic nitrogens is 1. The van der Waals surface area contributed by atoms with E-state index in [-0.39, 0.29) is 5.91 Å². The average Bonchev–Trinajstić information content (AvgIpc) is 3.18. The first kappa shape index (κ1) is 16.7. The van der Waals surface area contributed by atoms with Gasteiger partial charge in [0.15, 0.2) is 0 Å². The van der Waals surface area contributed by atoms with Crippen molar-refractivity contribution in [1.82, 2.24) is 10.1 Å². The summed E-state index contributed by atoms with van der Waals surface area (Å²) in [5.74, 6) is 1.00. The molecule has 1 heterocycles. The number of amides is 1. The number of carbonyl (C=O) groups excluding carboxylic acids is 1. The number of benzene rings is 1. The Balaban J connectivity index is 1.37. The topological polar surface area (TPSA) is 72.4 Å². The third-order valence-corrected chi connectivity index (χ3v) is 4.61. The van der Waals surface area contributed by atoms with Gasteiger partial charge in [-0.05, 0) is 25.7 Å². The molecule has 0 saturated heterocycles. The number of hydrogen-bond donors (Lipinski definition) is 1. The maximum absolute atomic E-state index is 12.0. The van der Waals surface area contributed by atoms with Gasteiger partial charge in [-0.3, -0.25) is 4.79 Å². The highest BCUT2D eigenvalue weighted by molar-refractivity contribution is 5.88. The maximum atomic E-state index is 12.0. The normalized spacial score (nSPS) is 15.2. The minimum atomic E-state index is -0.553. The van der Waals surface area contributed by atoms with Crippen molar-refractivity contribution in [2.24, 2.45) is 5.73 Å². The molecule has 0 aliphatic heterocycles. The monoisotopic (exact) mass is 327 g/mol. The molecule has 0 spiro atoms. The molecule has 0 radical (unpaired) electrons. The van der Waals surface area contributed by atoms with E-state index in [1.54, 1.807) is 4.90 Å². The zero-order chi connectivity index (χ0) is 17.0. The lowest BCUT2D eigenvalue weighted by Crippen LogP contribution is -2.44. The second-order valence-corrected chi connectivity index (χ2v) is 6.74. The summed E-state index contributed by atoms with van der Waals surface area (Å²) in [7, 11) is 1.85. The van der Waals surface area contributed by atoms with E-state index in [1.165, 1.54) is 0 Å². The van der Waals surface area contributed by atoms with Gasteiger partial charge < -0.3 is 15.2 Å². The Morgan fingerprint density at radius 2 is 2.00 bits per heavy atom. The molecule has 0 atom stereocenters. The molecule has 0 unspecified atom stereocenters. The standard InChI is InChI=1S/C19H25N3O2/c1-22(18(23)19(20)11-12-19)13-7-3-6-10-16-14-17(21-24-16)15-8-4-2-5-9-15/h2,4-5,8-9,14H,3,6-7,10-13,20H2,1H3. The van der Waals surface area contributed by atoms with E-state index < -0.39 is 5.54 Å². The molecule has 3 rings (SSSR count). The van der Waals surface area contributed by atoms with Crippen LogP contribution in [0, 0.1) is 0 Å². The summed E-state index contributed by atoms with van der Waals surface area (Å²) in [5.41, 5.74) is 7.34. The highest BCUT2D eigenvalue weighted by atomic mass is 16.5. The van der Waals surface area contributed by atoms with Crippen molar-refractivity contribution in [3.8, 4) is 11.3 Å². The van der Waals surface area contributed by atoms with Crippen LogP contribution in [0.15, 0.2) is 40.9 Å². The van der Waals surface area contributed by atoms with Gasteiger partial charge in [-0.15, -0.1) is 0 Å². The van der Waals surface area contributed by atoms with Crippen LogP contribution in [0.2, 0.25) is 0 Å². The molecule has 1 fully saturated rings. The van der Waals surface area contributed by atoms with Crippen molar-refractivity contribution in [2.75, 3.05) is 13.6 Å². The average molecular weight is 327 g/mol. The van der Waals surface area contributed by atoms with Crippen LogP contribution >= 0.6 is 0 Å². The third-order valence-electron chi connectivity index (χ3n) is 4.61. The summed E-state index contributed by atoms with van der Waals surface area (Å²) in [6, 6.07) is 12.0. The maximum Gasteiger partial charge on any atom is 0.242 e. The number of likely N-dealkylation sites (N-methyl/N-ethyl adjacent to an activating group) is 1. The number of carbonyl (C=O) groups is 1. The molecular formula is C19H25N3O2. The van der Waals surface area contributed by atoms with Gasteiger partial charge in [0, 0.05) is 31.6 Å². The van der Waals surface area contributed by atoms with E-state index >= 15 is 0 Å². The van der Waals surface area contributed by atoms with Crippen LogP contribution in [0.3, 0.4) is 0 Å². The van der Waals surface area contributed by atoms with E-state index in [2.05, 4.69) is 5.16 Å². The van der Waals surface area contributed by atoms with Gasteiger partial charge in [0.2, 0.25) is 5.91 Å². The highest BCUT2D eigenvalue weighted by Gasteiger charge is 2.47. The SMILES string of the molecule is CN(CCCCCc1cc(-c2ccccc2)no1)C(=O)C1(N)CC1. The van der Waals surface area contributed by atoms with Crippen molar-refractivity contribution < 1.29 is 9.32 Å². The zero-order valence-electron chi connectivity index (χ0n) is 14.2. The van der Waals surface area contributed by atoms with Gasteiger partial charge in [-0.1, -0.05) is 41.9 Å². The molecule has 1 aliphatic carbocycles. The van der Waals surface area contributed by atoms with Crippen LogP contribution in [0.4, 0.5) is 0 Å². The molecule has 5 nitrogen and oxygen atoms in total. The molecule has 24 heavy (non-hydrogen) atoms. The first-order chi connectivity index (χ1) is 11.6. The third kappa shape index (κ3) is 4.03. The van der Waals surface area contributed by atoms with E-state index in [0.717, 1.165) is 62.1 Å². The number of aryl methyl sites for hydroxylation is 1. The van der Waals surface area contributed by atoms with E-state index in [4.69, 9.17) is 10.3 Å². The molecule has 1 aromatic heterocycles. The van der Waals surface area contributed by atoms with Gasteiger partial charge in [-0.25, -0.2) is 0 Å². The first-order valence-electron chi connectivity index (χ1n) is 8.64. The van der Waals surface area contributed by atoms with E-state index in [0.29, 0.717) is 0 Å². The van der Waals surface area contributed by atoms with Crippen LogP contribution in [-0.2, 0) is 11.2 Å². The Hall–Kier alpha value is -2.14.